The molecule has 1 saturated heterocycles. The molecule has 1 heterocycles. The van der Waals surface area contributed by atoms with Crippen LogP contribution in [0.3, 0.4) is 0 Å². The summed E-state index contributed by atoms with van der Waals surface area (Å²) in [5.41, 5.74) is 0.317. The summed E-state index contributed by atoms with van der Waals surface area (Å²) in [7, 11) is 0. The van der Waals surface area contributed by atoms with Gasteiger partial charge in [0.2, 0.25) is 5.91 Å². The molecule has 1 fully saturated rings. The van der Waals surface area contributed by atoms with E-state index in [9.17, 15) is 14.0 Å². The Bertz CT molecular complexity index is 533. The molecule has 128 valence electrons. The lowest BCUT2D eigenvalue weighted by atomic mass is 9.96. The van der Waals surface area contributed by atoms with Crippen LogP contribution in [-0.2, 0) is 4.79 Å². The average molecular weight is 343 g/mol. The molecule has 1 aromatic carbocycles. The minimum atomic E-state index is -0.449. The van der Waals surface area contributed by atoms with Gasteiger partial charge in [0, 0.05) is 24.4 Å². The Morgan fingerprint density at radius 3 is 2.87 bits per heavy atom. The van der Waals surface area contributed by atoms with Crippen LogP contribution in [0.25, 0.3) is 0 Å². The number of rotatable bonds is 7. The van der Waals surface area contributed by atoms with Crippen LogP contribution in [-0.4, -0.2) is 31.3 Å². The fraction of sp³-hybridized carbons (Fsp3) is 0.529. The third-order valence-corrected chi connectivity index (χ3v) is 4.09. The lowest BCUT2D eigenvalue weighted by Crippen LogP contribution is -2.29. The van der Waals surface area contributed by atoms with Crippen molar-refractivity contribution >= 4 is 24.1 Å². The van der Waals surface area contributed by atoms with E-state index in [4.69, 9.17) is 0 Å². The molecule has 1 aliphatic heterocycles. The molecule has 23 heavy (non-hydrogen) atoms. The fourth-order valence-electron chi connectivity index (χ4n) is 2.75. The van der Waals surface area contributed by atoms with Crippen molar-refractivity contribution in [1.82, 2.24) is 10.6 Å². The first kappa shape index (κ1) is 19.6. The van der Waals surface area contributed by atoms with E-state index in [0.717, 1.165) is 25.9 Å². The lowest BCUT2D eigenvalue weighted by Gasteiger charge is -2.12. The average Bonchev–Trinajstić information content (AvgIpc) is 2.99. The van der Waals surface area contributed by atoms with Gasteiger partial charge >= 0.3 is 0 Å². The van der Waals surface area contributed by atoms with Gasteiger partial charge in [-0.15, -0.1) is 12.4 Å². The summed E-state index contributed by atoms with van der Waals surface area (Å²) in [6.45, 7) is 4.42. The van der Waals surface area contributed by atoms with Gasteiger partial charge in [-0.05, 0) is 44.0 Å². The van der Waals surface area contributed by atoms with Crippen LogP contribution in [0.15, 0.2) is 24.3 Å². The number of halogens is 2. The second kappa shape index (κ2) is 9.63. The Hall–Kier alpha value is -1.46. The molecule has 4 nitrogen and oxygen atoms in total. The molecule has 0 saturated carbocycles. The highest BCUT2D eigenvalue weighted by atomic mass is 35.5. The van der Waals surface area contributed by atoms with Crippen molar-refractivity contribution in [1.29, 1.82) is 0 Å². The summed E-state index contributed by atoms with van der Waals surface area (Å²) in [6, 6.07) is 5.59. The number of benzene rings is 1. The summed E-state index contributed by atoms with van der Waals surface area (Å²) < 4.78 is 13.1. The summed E-state index contributed by atoms with van der Waals surface area (Å²) in [6.07, 6.45) is 2.26. The van der Waals surface area contributed by atoms with Gasteiger partial charge in [0.1, 0.15) is 5.82 Å². The molecule has 2 unspecified atom stereocenters. The molecule has 1 aromatic rings. The second-order valence-corrected chi connectivity index (χ2v) is 5.98. The van der Waals surface area contributed by atoms with Crippen LogP contribution in [0.5, 0.6) is 0 Å². The molecule has 0 aromatic heterocycles. The third-order valence-electron chi connectivity index (χ3n) is 4.09. The molecule has 2 N–H and O–H groups in total. The fourth-order valence-corrected chi connectivity index (χ4v) is 2.75. The zero-order valence-corrected chi connectivity index (χ0v) is 14.1. The Labute approximate surface area is 142 Å². The summed E-state index contributed by atoms with van der Waals surface area (Å²) in [4.78, 5) is 24.0. The minimum Gasteiger partial charge on any atom is -0.356 e. The highest BCUT2D eigenvalue weighted by molar-refractivity contribution is 5.99. The number of hydrogen-bond donors (Lipinski definition) is 2. The van der Waals surface area contributed by atoms with E-state index in [1.807, 2.05) is 0 Å². The van der Waals surface area contributed by atoms with Gasteiger partial charge in [0.25, 0.3) is 0 Å². The lowest BCUT2D eigenvalue weighted by molar-refractivity contribution is -0.121. The predicted octanol–water partition coefficient (Wildman–Crippen LogP) is 2.57. The van der Waals surface area contributed by atoms with Gasteiger partial charge in [0.15, 0.2) is 5.78 Å². The molecule has 0 aliphatic carbocycles. The molecule has 2 atom stereocenters. The number of Topliss-reactive ketones (excluding diaryl/α,β-unsaturated/α-hetero) is 1. The SMILES string of the molecule is CC(CC(=O)NCCC1CCNC1)C(=O)c1cccc(F)c1.Cl. The number of nitrogens with one attached hydrogen (secondary N) is 2. The topological polar surface area (TPSA) is 58.2 Å². The van der Waals surface area contributed by atoms with Crippen LogP contribution in [0.2, 0.25) is 0 Å². The Kier molecular flexibility index (Phi) is 8.20. The smallest absolute Gasteiger partial charge is 0.220 e. The summed E-state index contributed by atoms with van der Waals surface area (Å²) in [5.74, 6) is -0.577. The van der Waals surface area contributed by atoms with Crippen molar-refractivity contribution in [2.24, 2.45) is 11.8 Å². The molecule has 6 heteroatoms. The molecule has 0 bridgehead atoms. The van der Waals surface area contributed by atoms with Gasteiger partial charge < -0.3 is 10.6 Å². The molecule has 0 radical (unpaired) electrons. The van der Waals surface area contributed by atoms with Crippen LogP contribution >= 0.6 is 12.4 Å². The molecular weight excluding hydrogens is 319 g/mol. The van der Waals surface area contributed by atoms with E-state index in [1.54, 1.807) is 13.0 Å². The van der Waals surface area contributed by atoms with E-state index in [-0.39, 0.29) is 30.5 Å². The standard InChI is InChI=1S/C17H23FN2O2.ClH/c1-12(17(22)14-3-2-4-15(18)10-14)9-16(21)20-8-6-13-5-7-19-11-13;/h2-4,10,12-13,19H,5-9,11H2,1H3,(H,20,21);1H. The van der Waals surface area contributed by atoms with Gasteiger partial charge in [0.05, 0.1) is 0 Å². The predicted molar refractivity (Wildman–Crippen MR) is 90.4 cm³/mol. The van der Waals surface area contributed by atoms with E-state index in [1.165, 1.54) is 18.2 Å². The highest BCUT2D eigenvalue weighted by Crippen LogP contribution is 2.14. The monoisotopic (exact) mass is 342 g/mol. The van der Waals surface area contributed by atoms with Crippen molar-refractivity contribution in [2.45, 2.75) is 26.2 Å². The van der Waals surface area contributed by atoms with Crippen molar-refractivity contribution in [3.05, 3.63) is 35.6 Å². The maximum Gasteiger partial charge on any atom is 0.220 e. The quantitative estimate of drug-likeness (QED) is 0.749. The van der Waals surface area contributed by atoms with Gasteiger partial charge in [-0.3, -0.25) is 9.59 Å². The van der Waals surface area contributed by atoms with Gasteiger partial charge in [-0.25, -0.2) is 4.39 Å². The van der Waals surface area contributed by atoms with Crippen molar-refractivity contribution < 1.29 is 14.0 Å². The summed E-state index contributed by atoms with van der Waals surface area (Å²) >= 11 is 0. The first-order valence-corrected chi connectivity index (χ1v) is 7.83. The molecule has 1 amide bonds. The van der Waals surface area contributed by atoms with Crippen molar-refractivity contribution in [2.75, 3.05) is 19.6 Å². The van der Waals surface area contributed by atoms with E-state index >= 15 is 0 Å². The van der Waals surface area contributed by atoms with E-state index in [0.29, 0.717) is 18.0 Å². The zero-order valence-electron chi connectivity index (χ0n) is 13.3. The normalized spacial score (nSPS) is 18.1. The Morgan fingerprint density at radius 1 is 1.43 bits per heavy atom. The number of amides is 1. The third kappa shape index (κ3) is 6.28. The van der Waals surface area contributed by atoms with E-state index < -0.39 is 11.7 Å². The van der Waals surface area contributed by atoms with Crippen LogP contribution < -0.4 is 10.6 Å². The molecule has 0 spiro atoms. The zero-order chi connectivity index (χ0) is 15.9. The molecular formula is C17H24ClFN2O2. The summed E-state index contributed by atoms with van der Waals surface area (Å²) in [5, 5.41) is 6.16. The van der Waals surface area contributed by atoms with Crippen LogP contribution in [0, 0.1) is 17.7 Å². The first-order valence-electron chi connectivity index (χ1n) is 7.83. The largest absolute Gasteiger partial charge is 0.356 e. The minimum absolute atomic E-state index is 0. The Balaban J connectivity index is 0.00000264. The maximum absolute atomic E-state index is 13.1. The first-order chi connectivity index (χ1) is 10.6. The van der Waals surface area contributed by atoms with Crippen molar-refractivity contribution in [3.8, 4) is 0 Å². The van der Waals surface area contributed by atoms with Crippen LogP contribution in [0.1, 0.15) is 36.5 Å². The van der Waals surface area contributed by atoms with Crippen molar-refractivity contribution in [3.63, 3.8) is 0 Å². The van der Waals surface area contributed by atoms with Crippen LogP contribution in [0.4, 0.5) is 4.39 Å². The molecule has 1 aliphatic rings. The van der Waals surface area contributed by atoms with Gasteiger partial charge in [-0.2, -0.15) is 0 Å². The highest BCUT2D eigenvalue weighted by Gasteiger charge is 2.19. The number of hydrogen-bond acceptors (Lipinski definition) is 3. The second-order valence-electron chi connectivity index (χ2n) is 5.98. The Morgan fingerprint density at radius 2 is 2.22 bits per heavy atom. The number of ketones is 1. The van der Waals surface area contributed by atoms with E-state index in [2.05, 4.69) is 10.6 Å². The number of carbonyl (C=O) groups excluding carboxylic acids is 2. The maximum atomic E-state index is 13.1. The van der Waals surface area contributed by atoms with Gasteiger partial charge in [-0.1, -0.05) is 19.1 Å². The number of carbonyl (C=O) groups is 2. The molecule has 2 rings (SSSR count).